The maximum absolute atomic E-state index is 12.0. The number of methoxy groups -OCH3 is 1. The first-order valence-corrected chi connectivity index (χ1v) is 6.99. The lowest BCUT2D eigenvalue weighted by molar-refractivity contribution is -0.158. The maximum Gasteiger partial charge on any atom is 0.357 e. The fourth-order valence-corrected chi connectivity index (χ4v) is 3.71. The van der Waals surface area contributed by atoms with Gasteiger partial charge in [0.15, 0.2) is 15.5 Å². The number of carbonyl (C=O) groups excluding carboxylic acids is 2. The fraction of sp³-hybridized carbons (Fsp3) is 0.556. The Morgan fingerprint density at radius 2 is 2.16 bits per heavy atom. The molecule has 0 aromatic carbocycles. The molecule has 0 aromatic rings. The van der Waals surface area contributed by atoms with Crippen LogP contribution in [0.5, 0.6) is 0 Å². The Labute approximate surface area is 108 Å². The first-order chi connectivity index (χ1) is 8.73. The number of aliphatic hydroxyl groups is 1. The van der Waals surface area contributed by atoms with E-state index in [4.69, 9.17) is 0 Å². The molecule has 19 heavy (non-hydrogen) atoms. The summed E-state index contributed by atoms with van der Waals surface area (Å²) in [4.78, 5) is 24.6. The summed E-state index contributed by atoms with van der Waals surface area (Å²) in [6.07, 6.45) is 0. The van der Waals surface area contributed by atoms with Crippen molar-refractivity contribution in [2.45, 2.75) is 12.6 Å². The van der Waals surface area contributed by atoms with Crippen LogP contribution in [0.2, 0.25) is 0 Å². The van der Waals surface area contributed by atoms with Gasteiger partial charge in [0.2, 0.25) is 0 Å². The molecule has 2 aliphatic heterocycles. The first kappa shape index (κ1) is 13.5. The molecular weight excluding hydrogens is 278 g/mol. The van der Waals surface area contributed by atoms with Crippen molar-refractivity contribution < 1.29 is 27.9 Å². The number of amides is 1. The normalized spacial score (nSPS) is 31.1. The van der Waals surface area contributed by atoms with E-state index in [1.54, 1.807) is 0 Å². The molecule has 9 nitrogen and oxygen atoms in total. The van der Waals surface area contributed by atoms with Gasteiger partial charge in [0.25, 0.3) is 11.6 Å². The van der Waals surface area contributed by atoms with Crippen molar-refractivity contribution in [1.82, 2.24) is 4.90 Å². The number of esters is 1. The summed E-state index contributed by atoms with van der Waals surface area (Å²) in [6.45, 7) is 1.21. The van der Waals surface area contributed by atoms with Gasteiger partial charge in [0.1, 0.15) is 17.4 Å². The number of carbonyl (C=O) groups is 2. The van der Waals surface area contributed by atoms with Gasteiger partial charge in [-0.1, -0.05) is 0 Å². The van der Waals surface area contributed by atoms with Gasteiger partial charge in [0, 0.05) is 0 Å². The Morgan fingerprint density at radius 3 is 2.68 bits per heavy atom. The van der Waals surface area contributed by atoms with Crippen molar-refractivity contribution >= 4 is 21.7 Å². The Kier molecular flexibility index (Phi) is 2.84. The van der Waals surface area contributed by atoms with Crippen LogP contribution in [0, 0.1) is 0 Å². The highest BCUT2D eigenvalue weighted by Crippen LogP contribution is 2.35. The van der Waals surface area contributed by atoms with Crippen LogP contribution in [0.3, 0.4) is 0 Å². The van der Waals surface area contributed by atoms with Gasteiger partial charge < -0.3 is 9.84 Å². The van der Waals surface area contributed by atoms with Crippen LogP contribution in [0.15, 0.2) is 21.7 Å². The molecule has 1 N–H and O–H groups in total. The second-order valence-corrected chi connectivity index (χ2v) is 6.23. The number of ether oxygens (including phenoxy) is 1. The van der Waals surface area contributed by atoms with Gasteiger partial charge in [-0.25, -0.2) is 13.2 Å². The van der Waals surface area contributed by atoms with E-state index in [-0.39, 0.29) is 0 Å². The highest BCUT2D eigenvalue weighted by Gasteiger charge is 2.60. The summed E-state index contributed by atoms with van der Waals surface area (Å²) < 4.78 is 27.8. The van der Waals surface area contributed by atoms with Gasteiger partial charge >= 0.3 is 5.97 Å². The zero-order valence-corrected chi connectivity index (χ0v) is 11.0. The molecule has 0 bridgehead atoms. The van der Waals surface area contributed by atoms with E-state index in [9.17, 15) is 23.1 Å². The van der Waals surface area contributed by atoms with Gasteiger partial charge in [-0.05, 0) is 6.92 Å². The smallest absolute Gasteiger partial charge is 0.357 e. The molecule has 10 heteroatoms. The second-order valence-electron chi connectivity index (χ2n) is 4.19. The van der Waals surface area contributed by atoms with E-state index in [1.807, 2.05) is 0 Å². The quantitative estimate of drug-likeness (QED) is 0.387. The number of sulfone groups is 1. The van der Waals surface area contributed by atoms with Gasteiger partial charge in [-0.3, -0.25) is 9.69 Å². The summed E-state index contributed by atoms with van der Waals surface area (Å²) in [5, 5.41) is 16.3. The number of nitrogens with zero attached hydrogens (tertiary/aromatic N) is 3. The minimum atomic E-state index is -3.68. The molecule has 2 rings (SSSR count). The van der Waals surface area contributed by atoms with Crippen LogP contribution >= 0.6 is 0 Å². The lowest BCUT2D eigenvalue weighted by atomic mass is 10.1. The number of aliphatic hydroxyl groups excluding tert-OH is 1. The minimum Gasteiger partial charge on any atom is -0.510 e. The molecule has 1 atom stereocenters. The predicted molar refractivity (Wildman–Crippen MR) is 60.4 cm³/mol. The monoisotopic (exact) mass is 289 g/mol. The van der Waals surface area contributed by atoms with Crippen LogP contribution in [0.1, 0.15) is 6.92 Å². The standard InChI is InChI=1S/C9H11N3O6S/c1-5(13)6-7(14)12-4-19(16,17)3-9(12,11-10-6)8(15)18-2/h13H,3-4H2,1-2H3/b6-5-/t9-/m0/s1. The van der Waals surface area contributed by atoms with E-state index in [0.29, 0.717) is 0 Å². The lowest BCUT2D eigenvalue weighted by Crippen LogP contribution is -2.56. The molecule has 104 valence electrons. The Bertz CT molecular complexity index is 618. The van der Waals surface area contributed by atoms with E-state index in [0.717, 1.165) is 12.0 Å². The molecule has 1 saturated heterocycles. The van der Waals surface area contributed by atoms with Crippen molar-refractivity contribution in [2.75, 3.05) is 18.7 Å². The Hall–Kier alpha value is -1.97. The largest absolute Gasteiger partial charge is 0.510 e. The zero-order valence-electron chi connectivity index (χ0n) is 10.2. The van der Waals surface area contributed by atoms with Crippen molar-refractivity contribution in [3.8, 4) is 0 Å². The molecule has 1 fully saturated rings. The Morgan fingerprint density at radius 1 is 1.53 bits per heavy atom. The van der Waals surface area contributed by atoms with Crippen molar-refractivity contribution in [3.63, 3.8) is 0 Å². The minimum absolute atomic E-state index is 0.392. The first-order valence-electron chi connectivity index (χ1n) is 5.17. The zero-order chi connectivity index (χ0) is 14.4. The molecule has 0 aliphatic carbocycles. The van der Waals surface area contributed by atoms with Crippen LogP contribution in [0.4, 0.5) is 0 Å². The van der Waals surface area contributed by atoms with Gasteiger partial charge in [-0.2, -0.15) is 0 Å². The molecule has 2 aliphatic rings. The summed E-state index contributed by atoms with van der Waals surface area (Å²) in [5.41, 5.74) is -2.37. The maximum atomic E-state index is 12.0. The third kappa shape index (κ3) is 1.87. The molecule has 0 saturated carbocycles. The summed E-state index contributed by atoms with van der Waals surface area (Å²) >= 11 is 0. The molecule has 0 unspecified atom stereocenters. The topological polar surface area (TPSA) is 126 Å². The number of hydrogen-bond acceptors (Lipinski definition) is 8. The van der Waals surface area contributed by atoms with Crippen molar-refractivity contribution in [1.29, 1.82) is 0 Å². The number of hydrogen-bond donors (Lipinski definition) is 1. The average molecular weight is 289 g/mol. The SMILES string of the molecule is COC(=O)[C@]12CS(=O)(=O)CN1C(=O)/C(=C(\C)O)N=N2. The fourth-order valence-electron chi connectivity index (χ4n) is 1.95. The van der Waals surface area contributed by atoms with Crippen LogP contribution in [-0.2, 0) is 24.2 Å². The number of fused-ring (bicyclic) bond motifs is 1. The highest BCUT2D eigenvalue weighted by atomic mass is 32.2. The van der Waals surface area contributed by atoms with Crippen LogP contribution in [-0.4, -0.2) is 54.7 Å². The summed E-state index contributed by atoms with van der Waals surface area (Å²) in [5.74, 6) is -3.62. The second kappa shape index (κ2) is 4.02. The molecule has 0 spiro atoms. The molecule has 0 aromatic heterocycles. The molecule has 0 radical (unpaired) electrons. The van der Waals surface area contributed by atoms with Gasteiger partial charge in [0.05, 0.1) is 7.11 Å². The number of allylic oxidation sites excluding steroid dienone is 1. The van der Waals surface area contributed by atoms with Crippen molar-refractivity contribution in [2.24, 2.45) is 10.2 Å². The third-order valence-corrected chi connectivity index (χ3v) is 4.31. The highest BCUT2D eigenvalue weighted by molar-refractivity contribution is 7.91. The number of azo groups is 1. The summed E-state index contributed by atoms with van der Waals surface area (Å²) in [7, 11) is -2.62. The number of rotatable bonds is 1. The van der Waals surface area contributed by atoms with Gasteiger partial charge in [-0.15, -0.1) is 10.2 Å². The Balaban J connectivity index is 2.63. The molecule has 1 amide bonds. The van der Waals surface area contributed by atoms with E-state index in [1.165, 1.54) is 6.92 Å². The van der Waals surface area contributed by atoms with Crippen LogP contribution in [0.25, 0.3) is 0 Å². The molecule has 2 heterocycles. The molecular formula is C9H11N3O6S. The van der Waals surface area contributed by atoms with Crippen LogP contribution < -0.4 is 0 Å². The van der Waals surface area contributed by atoms with E-state index < -0.39 is 50.5 Å². The lowest BCUT2D eigenvalue weighted by Gasteiger charge is -2.32. The van der Waals surface area contributed by atoms with Crippen molar-refractivity contribution in [3.05, 3.63) is 11.5 Å². The predicted octanol–water partition coefficient (Wildman–Crippen LogP) is -0.674. The van der Waals surface area contributed by atoms with E-state index >= 15 is 0 Å². The van der Waals surface area contributed by atoms with E-state index in [2.05, 4.69) is 15.0 Å². The average Bonchev–Trinajstić information content (AvgIpc) is 2.61. The third-order valence-electron chi connectivity index (χ3n) is 2.81. The summed E-state index contributed by atoms with van der Waals surface area (Å²) in [6, 6.07) is 0.